The van der Waals surface area contributed by atoms with E-state index < -0.39 is 6.04 Å². The van der Waals surface area contributed by atoms with E-state index in [1.807, 2.05) is 45.0 Å². The molecular formula is C28H31N7O3. The fraction of sp³-hybridized carbons (Fsp3) is 0.357. The molecule has 0 unspecified atom stereocenters. The van der Waals surface area contributed by atoms with Gasteiger partial charge in [-0.1, -0.05) is 25.0 Å². The minimum atomic E-state index is -0.901. The summed E-state index contributed by atoms with van der Waals surface area (Å²) in [6.07, 6.45) is 7.30. The molecule has 0 bridgehead atoms. The van der Waals surface area contributed by atoms with Gasteiger partial charge in [0.1, 0.15) is 18.3 Å². The third-order valence-corrected chi connectivity index (χ3v) is 6.81. The minimum absolute atomic E-state index is 0.0960. The van der Waals surface area contributed by atoms with E-state index in [2.05, 4.69) is 25.7 Å². The number of hydrogen-bond acceptors (Lipinski definition) is 7. The van der Waals surface area contributed by atoms with Gasteiger partial charge in [-0.3, -0.25) is 19.5 Å². The molecule has 1 fully saturated rings. The Morgan fingerprint density at radius 3 is 2.55 bits per heavy atom. The molecule has 3 aromatic heterocycles. The number of pyridine rings is 1. The Balaban J connectivity index is 1.53. The van der Waals surface area contributed by atoms with Crippen molar-refractivity contribution in [3.05, 3.63) is 77.3 Å². The Bertz CT molecular complexity index is 1420. The van der Waals surface area contributed by atoms with Crippen LogP contribution in [0.4, 0.5) is 5.69 Å². The summed E-state index contributed by atoms with van der Waals surface area (Å²) in [6.45, 7) is 5.51. The molecule has 38 heavy (non-hydrogen) atoms. The van der Waals surface area contributed by atoms with Crippen molar-refractivity contribution in [3.63, 3.8) is 0 Å². The van der Waals surface area contributed by atoms with Crippen LogP contribution in [0.3, 0.4) is 0 Å². The zero-order valence-corrected chi connectivity index (χ0v) is 21.8. The maximum Gasteiger partial charge on any atom is 0.251 e. The summed E-state index contributed by atoms with van der Waals surface area (Å²) >= 11 is 0. The van der Waals surface area contributed by atoms with Gasteiger partial charge in [0.25, 0.3) is 5.91 Å². The average molecular weight is 514 g/mol. The van der Waals surface area contributed by atoms with Crippen LogP contribution in [-0.4, -0.2) is 43.0 Å². The number of tetrazole rings is 1. The number of hydrogen-bond donors (Lipinski definition) is 1. The van der Waals surface area contributed by atoms with Crippen molar-refractivity contribution in [1.29, 1.82) is 0 Å². The first kappa shape index (κ1) is 25.3. The Labute approximate surface area is 221 Å². The van der Waals surface area contributed by atoms with Crippen LogP contribution in [0.1, 0.15) is 54.2 Å². The standard InChI is InChI=1S/C28H31N7O3/c1-18-8-9-19(2)23(16-18)35(25(36)17-34-32-27(31-33-34)24-11-10-20(3)38-24)26(21-12-14-29-15-13-21)28(37)30-22-6-4-5-7-22/h8-16,22,26H,4-7,17H2,1-3H3,(H,30,37)/t26-/m0/s1. The molecule has 0 radical (unpaired) electrons. The molecule has 1 aliphatic rings. The SMILES string of the molecule is Cc1ccc(C)c(N(C(=O)Cn2nnc(-c3ccc(C)o3)n2)[C@H](C(=O)NC2CCCC2)c2ccncc2)c1. The summed E-state index contributed by atoms with van der Waals surface area (Å²) < 4.78 is 5.59. The third kappa shape index (κ3) is 5.49. The highest BCUT2D eigenvalue weighted by atomic mass is 16.3. The number of aryl methyl sites for hydroxylation is 3. The predicted molar refractivity (Wildman–Crippen MR) is 141 cm³/mol. The van der Waals surface area contributed by atoms with Crippen LogP contribution in [0.15, 0.2) is 59.3 Å². The molecule has 0 spiro atoms. The molecule has 1 aliphatic carbocycles. The number of amides is 2. The highest BCUT2D eigenvalue weighted by Gasteiger charge is 2.35. The van der Waals surface area contributed by atoms with Gasteiger partial charge in [-0.05, 0) is 85.8 Å². The summed E-state index contributed by atoms with van der Waals surface area (Å²) in [5.74, 6) is 0.909. The number of rotatable bonds is 8. The van der Waals surface area contributed by atoms with Crippen molar-refractivity contribution in [2.45, 2.75) is 65.1 Å². The molecule has 2 amide bonds. The van der Waals surface area contributed by atoms with Gasteiger partial charge >= 0.3 is 0 Å². The van der Waals surface area contributed by atoms with Crippen molar-refractivity contribution >= 4 is 17.5 Å². The van der Waals surface area contributed by atoms with Gasteiger partial charge in [-0.15, -0.1) is 10.2 Å². The first-order valence-electron chi connectivity index (χ1n) is 12.8. The number of anilines is 1. The van der Waals surface area contributed by atoms with Crippen molar-refractivity contribution in [1.82, 2.24) is 30.5 Å². The average Bonchev–Trinajstić information content (AvgIpc) is 3.67. The third-order valence-electron chi connectivity index (χ3n) is 6.81. The maximum atomic E-state index is 14.1. The van der Waals surface area contributed by atoms with E-state index in [0.717, 1.165) is 42.6 Å². The summed E-state index contributed by atoms with van der Waals surface area (Å²) in [7, 11) is 0. The number of carbonyl (C=O) groups excluding carboxylic acids is 2. The van der Waals surface area contributed by atoms with Crippen molar-refractivity contribution in [2.24, 2.45) is 0 Å². The molecule has 1 N–H and O–H groups in total. The lowest BCUT2D eigenvalue weighted by Crippen LogP contribution is -2.47. The second-order valence-corrected chi connectivity index (χ2v) is 9.78. The lowest BCUT2D eigenvalue weighted by Gasteiger charge is -2.33. The molecule has 1 atom stereocenters. The monoisotopic (exact) mass is 513 g/mol. The molecule has 0 aliphatic heterocycles. The number of nitrogens with zero attached hydrogens (tertiary/aromatic N) is 6. The lowest BCUT2D eigenvalue weighted by atomic mass is 10.0. The van der Waals surface area contributed by atoms with Gasteiger partial charge in [-0.25, -0.2) is 0 Å². The second kappa shape index (κ2) is 11.0. The number of nitrogens with one attached hydrogen (secondary N) is 1. The van der Waals surface area contributed by atoms with E-state index >= 15 is 0 Å². The summed E-state index contributed by atoms with van der Waals surface area (Å²) in [6, 6.07) is 12.2. The minimum Gasteiger partial charge on any atom is -0.458 e. The number of carbonyl (C=O) groups is 2. The predicted octanol–water partition coefficient (Wildman–Crippen LogP) is 4.09. The zero-order chi connectivity index (χ0) is 26.6. The van der Waals surface area contributed by atoms with Crippen molar-refractivity contribution in [3.8, 4) is 11.6 Å². The first-order chi connectivity index (χ1) is 18.4. The quantitative estimate of drug-likeness (QED) is 0.377. The maximum absolute atomic E-state index is 14.1. The van der Waals surface area contributed by atoms with Gasteiger partial charge in [0.2, 0.25) is 11.7 Å². The molecule has 0 saturated heterocycles. The fourth-order valence-electron chi connectivity index (χ4n) is 4.87. The Hall–Kier alpha value is -4.34. The van der Waals surface area contributed by atoms with Crippen LogP contribution in [0.25, 0.3) is 11.6 Å². The smallest absolute Gasteiger partial charge is 0.251 e. The lowest BCUT2D eigenvalue weighted by molar-refractivity contribution is -0.127. The van der Waals surface area contributed by atoms with Crippen LogP contribution in [0.2, 0.25) is 0 Å². The molecule has 4 aromatic rings. The van der Waals surface area contributed by atoms with Crippen LogP contribution < -0.4 is 10.2 Å². The van der Waals surface area contributed by atoms with Crippen LogP contribution in [0.5, 0.6) is 0 Å². The van der Waals surface area contributed by atoms with Crippen LogP contribution in [0, 0.1) is 20.8 Å². The fourth-order valence-corrected chi connectivity index (χ4v) is 4.87. The molecule has 10 nitrogen and oxygen atoms in total. The Morgan fingerprint density at radius 2 is 1.84 bits per heavy atom. The first-order valence-corrected chi connectivity index (χ1v) is 12.8. The highest BCUT2D eigenvalue weighted by Crippen LogP contribution is 2.32. The number of furan rings is 1. The van der Waals surface area contributed by atoms with Crippen molar-refractivity contribution < 1.29 is 14.0 Å². The molecule has 5 rings (SSSR count). The van der Waals surface area contributed by atoms with Gasteiger partial charge < -0.3 is 9.73 Å². The molecule has 1 saturated carbocycles. The van der Waals surface area contributed by atoms with E-state index in [4.69, 9.17) is 4.42 Å². The molecule has 1 aromatic carbocycles. The normalized spacial score (nSPS) is 14.4. The number of aromatic nitrogens is 5. The van der Waals surface area contributed by atoms with Crippen LogP contribution >= 0.6 is 0 Å². The van der Waals surface area contributed by atoms with E-state index in [-0.39, 0.29) is 30.2 Å². The molecule has 196 valence electrons. The largest absolute Gasteiger partial charge is 0.458 e. The van der Waals surface area contributed by atoms with Gasteiger partial charge in [0.15, 0.2) is 5.76 Å². The van der Waals surface area contributed by atoms with Gasteiger partial charge in [0, 0.05) is 24.1 Å². The van der Waals surface area contributed by atoms with E-state index in [0.29, 0.717) is 17.0 Å². The summed E-state index contributed by atoms with van der Waals surface area (Å²) in [5.41, 5.74) is 3.17. The number of benzene rings is 1. The molecular weight excluding hydrogens is 482 g/mol. The second-order valence-electron chi connectivity index (χ2n) is 9.78. The van der Waals surface area contributed by atoms with Crippen molar-refractivity contribution in [2.75, 3.05) is 4.90 Å². The molecule has 3 heterocycles. The summed E-state index contributed by atoms with van der Waals surface area (Å²) in [4.78, 5) is 34.8. The molecule has 10 heteroatoms. The zero-order valence-electron chi connectivity index (χ0n) is 21.8. The van der Waals surface area contributed by atoms with Gasteiger partial charge in [-0.2, -0.15) is 4.80 Å². The Kier molecular flexibility index (Phi) is 7.30. The van der Waals surface area contributed by atoms with E-state index in [1.165, 1.54) is 4.80 Å². The summed E-state index contributed by atoms with van der Waals surface area (Å²) in [5, 5.41) is 15.7. The topological polar surface area (TPSA) is 119 Å². The van der Waals surface area contributed by atoms with E-state index in [1.54, 1.807) is 35.5 Å². The highest BCUT2D eigenvalue weighted by molar-refractivity contribution is 6.01. The Morgan fingerprint density at radius 1 is 1.08 bits per heavy atom. The van der Waals surface area contributed by atoms with Crippen LogP contribution in [-0.2, 0) is 16.1 Å². The van der Waals surface area contributed by atoms with Gasteiger partial charge in [0.05, 0.1) is 0 Å². The van der Waals surface area contributed by atoms with E-state index in [9.17, 15) is 9.59 Å².